The summed E-state index contributed by atoms with van der Waals surface area (Å²) in [6.07, 6.45) is 2.73. The van der Waals surface area contributed by atoms with Crippen molar-refractivity contribution in [2.24, 2.45) is 0 Å². The number of rotatable bonds is 7. The van der Waals surface area contributed by atoms with Crippen LogP contribution in [0.25, 0.3) is 33.1 Å². The van der Waals surface area contributed by atoms with Gasteiger partial charge in [-0.3, -0.25) is 4.98 Å². The third-order valence-corrected chi connectivity index (χ3v) is 5.82. The van der Waals surface area contributed by atoms with Gasteiger partial charge in [0.25, 0.3) is 0 Å². The number of halogens is 2. The van der Waals surface area contributed by atoms with Gasteiger partial charge in [0.2, 0.25) is 0 Å². The molecule has 0 unspecified atom stereocenters. The monoisotopic (exact) mass is 507 g/mol. The first-order valence-corrected chi connectivity index (χ1v) is 11.7. The Morgan fingerprint density at radius 3 is 2.29 bits per heavy atom. The number of ether oxygens (including phenoxy) is 2. The normalized spacial score (nSPS) is 11.1. The topological polar surface area (TPSA) is 82.0 Å². The Hall–Kier alpha value is -5.18. The fourth-order valence-electron chi connectivity index (χ4n) is 4.11. The van der Waals surface area contributed by atoms with Gasteiger partial charge in [-0.2, -0.15) is 8.78 Å². The summed E-state index contributed by atoms with van der Waals surface area (Å²) in [6, 6.07) is 28.3. The van der Waals surface area contributed by atoms with E-state index in [0.29, 0.717) is 28.4 Å². The Kier molecular flexibility index (Phi) is 6.15. The molecule has 0 aliphatic carbocycles. The molecule has 0 saturated heterocycles. The smallest absolute Gasteiger partial charge is 0.387 e. The van der Waals surface area contributed by atoms with E-state index < -0.39 is 6.61 Å². The van der Waals surface area contributed by atoms with E-state index >= 15 is 0 Å². The molecular weight excluding hydrogens is 488 g/mol. The maximum atomic E-state index is 12.5. The maximum Gasteiger partial charge on any atom is 0.387 e. The van der Waals surface area contributed by atoms with Crippen LogP contribution in [-0.4, -0.2) is 26.8 Å². The average Bonchev–Trinajstić information content (AvgIpc) is 2.94. The minimum absolute atomic E-state index is 0.0694. The van der Waals surface area contributed by atoms with Gasteiger partial charge in [0.15, 0.2) is 11.6 Å². The van der Waals surface area contributed by atoms with Gasteiger partial charge in [-0.05, 0) is 24.3 Å². The summed E-state index contributed by atoms with van der Waals surface area (Å²) < 4.78 is 35.4. The van der Waals surface area contributed by atoms with Gasteiger partial charge < -0.3 is 14.8 Å². The fraction of sp³-hybridized carbons (Fsp3) is 0.0345. The number of hydrogen-bond donors (Lipinski definition) is 1. The lowest BCUT2D eigenvalue weighted by molar-refractivity contribution is -0.0499. The second-order valence-corrected chi connectivity index (χ2v) is 8.29. The van der Waals surface area contributed by atoms with Crippen molar-refractivity contribution in [3.8, 4) is 28.5 Å². The Morgan fingerprint density at radius 2 is 1.50 bits per heavy atom. The van der Waals surface area contributed by atoms with Crippen molar-refractivity contribution in [3.05, 3.63) is 103 Å². The summed E-state index contributed by atoms with van der Waals surface area (Å²) in [5.74, 6) is 1.57. The molecule has 0 amide bonds. The first kappa shape index (κ1) is 23.2. The fourth-order valence-corrected chi connectivity index (χ4v) is 4.11. The number of alkyl halides is 2. The van der Waals surface area contributed by atoms with Gasteiger partial charge in [0.05, 0.1) is 11.7 Å². The Labute approximate surface area is 215 Å². The Bertz CT molecular complexity index is 1730. The minimum Gasteiger partial charge on any atom is -0.455 e. The van der Waals surface area contributed by atoms with Crippen LogP contribution in [0.15, 0.2) is 103 Å². The molecule has 6 rings (SSSR count). The van der Waals surface area contributed by atoms with E-state index in [0.717, 1.165) is 27.7 Å². The van der Waals surface area contributed by atoms with Crippen molar-refractivity contribution in [1.82, 2.24) is 20.2 Å². The zero-order valence-corrected chi connectivity index (χ0v) is 19.8. The van der Waals surface area contributed by atoms with Crippen LogP contribution in [0.5, 0.6) is 17.2 Å². The summed E-state index contributed by atoms with van der Waals surface area (Å²) in [5.41, 5.74) is 3.43. The molecule has 0 fully saturated rings. The molecule has 3 heterocycles. The lowest BCUT2D eigenvalue weighted by Crippen LogP contribution is -2.02. The van der Waals surface area contributed by atoms with Crippen LogP contribution in [0.2, 0.25) is 0 Å². The molecule has 0 radical (unpaired) electrons. The summed E-state index contributed by atoms with van der Waals surface area (Å²) in [4.78, 5) is 8.36. The summed E-state index contributed by atoms with van der Waals surface area (Å²) in [7, 11) is 0. The van der Waals surface area contributed by atoms with Crippen LogP contribution < -0.4 is 14.8 Å². The number of anilines is 2. The van der Waals surface area contributed by atoms with Crippen molar-refractivity contribution in [3.63, 3.8) is 0 Å². The van der Waals surface area contributed by atoms with Crippen LogP contribution in [0.3, 0.4) is 0 Å². The molecule has 38 heavy (non-hydrogen) atoms. The van der Waals surface area contributed by atoms with E-state index in [1.807, 2.05) is 66.7 Å². The van der Waals surface area contributed by atoms with Gasteiger partial charge in [-0.1, -0.05) is 54.6 Å². The highest BCUT2D eigenvalue weighted by atomic mass is 19.3. The molecule has 9 heteroatoms. The molecule has 1 N–H and O–H groups in total. The van der Waals surface area contributed by atoms with E-state index in [1.54, 1.807) is 18.2 Å². The second kappa shape index (κ2) is 10.1. The van der Waals surface area contributed by atoms with E-state index in [1.165, 1.54) is 18.5 Å². The van der Waals surface area contributed by atoms with Gasteiger partial charge >= 0.3 is 6.61 Å². The number of nitrogens with one attached hydrogen (secondary N) is 1. The number of hydrogen-bond acceptors (Lipinski definition) is 7. The van der Waals surface area contributed by atoms with E-state index in [-0.39, 0.29) is 5.75 Å². The number of benzene rings is 3. The van der Waals surface area contributed by atoms with Crippen molar-refractivity contribution >= 4 is 33.3 Å². The molecule has 0 bridgehead atoms. The molecule has 0 spiro atoms. The van der Waals surface area contributed by atoms with Crippen LogP contribution in [0, 0.1) is 0 Å². The molecular formula is C29H19F2N5O2. The molecule has 0 atom stereocenters. The van der Waals surface area contributed by atoms with Crippen molar-refractivity contribution in [1.29, 1.82) is 0 Å². The lowest BCUT2D eigenvalue weighted by atomic mass is 10.0. The molecule has 7 nitrogen and oxygen atoms in total. The van der Waals surface area contributed by atoms with Crippen molar-refractivity contribution in [2.75, 3.05) is 5.32 Å². The number of fused-ring (bicyclic) bond motifs is 2. The lowest BCUT2D eigenvalue weighted by Gasteiger charge is -2.12. The third kappa shape index (κ3) is 4.77. The molecule has 0 saturated carbocycles. The zero-order valence-electron chi connectivity index (χ0n) is 19.8. The Balaban J connectivity index is 1.24. The minimum atomic E-state index is -2.94. The van der Waals surface area contributed by atoms with Crippen LogP contribution in [-0.2, 0) is 0 Å². The van der Waals surface area contributed by atoms with Gasteiger partial charge in [0, 0.05) is 40.4 Å². The molecule has 3 aromatic carbocycles. The first-order chi connectivity index (χ1) is 18.6. The van der Waals surface area contributed by atoms with Crippen LogP contribution >= 0.6 is 0 Å². The summed E-state index contributed by atoms with van der Waals surface area (Å²) in [5, 5.41) is 14.2. The predicted molar refractivity (Wildman–Crippen MR) is 141 cm³/mol. The third-order valence-electron chi connectivity index (χ3n) is 5.82. The predicted octanol–water partition coefficient (Wildman–Crippen LogP) is 7.38. The SMILES string of the molecule is FC(F)Oc1cnc2c(Oc3ccc(Nc4nnc(-c5ccccc5)c5ccccc45)cc3)ccnc2c1. The standard InChI is InChI=1S/C29H19F2N5O2/c30-29(31)38-21-16-24-27(33-17-21)25(14-15-32-24)37-20-12-10-19(11-13-20)34-28-23-9-5-4-8-22(23)26(35-36-28)18-6-2-1-3-7-18/h1-17,29H,(H,34,36). The maximum absolute atomic E-state index is 12.5. The molecule has 0 aliphatic heterocycles. The average molecular weight is 508 g/mol. The van der Waals surface area contributed by atoms with Crippen molar-refractivity contribution in [2.45, 2.75) is 6.61 Å². The highest BCUT2D eigenvalue weighted by Crippen LogP contribution is 2.33. The second-order valence-electron chi connectivity index (χ2n) is 8.29. The summed E-state index contributed by atoms with van der Waals surface area (Å²) >= 11 is 0. The largest absolute Gasteiger partial charge is 0.455 e. The molecule has 186 valence electrons. The van der Waals surface area contributed by atoms with Crippen LogP contribution in [0.4, 0.5) is 20.3 Å². The van der Waals surface area contributed by atoms with E-state index in [4.69, 9.17) is 4.74 Å². The number of nitrogens with zero attached hydrogens (tertiary/aromatic N) is 4. The highest BCUT2D eigenvalue weighted by Gasteiger charge is 2.12. The van der Waals surface area contributed by atoms with Gasteiger partial charge in [0.1, 0.15) is 22.7 Å². The van der Waals surface area contributed by atoms with E-state index in [9.17, 15) is 8.78 Å². The molecule has 6 aromatic rings. The Morgan fingerprint density at radius 1 is 0.737 bits per heavy atom. The molecule has 3 aromatic heterocycles. The summed E-state index contributed by atoms with van der Waals surface area (Å²) in [6.45, 7) is -2.94. The van der Waals surface area contributed by atoms with E-state index in [2.05, 4.69) is 30.2 Å². The first-order valence-electron chi connectivity index (χ1n) is 11.7. The van der Waals surface area contributed by atoms with Crippen LogP contribution in [0.1, 0.15) is 0 Å². The van der Waals surface area contributed by atoms with Gasteiger partial charge in [-0.15, -0.1) is 10.2 Å². The zero-order chi connectivity index (χ0) is 25.9. The number of aromatic nitrogens is 4. The quantitative estimate of drug-likeness (QED) is 0.241. The molecule has 0 aliphatic rings. The van der Waals surface area contributed by atoms with Crippen molar-refractivity contribution < 1.29 is 18.3 Å². The number of pyridine rings is 2. The van der Waals surface area contributed by atoms with Gasteiger partial charge in [-0.25, -0.2) is 4.98 Å². The highest BCUT2D eigenvalue weighted by molar-refractivity contribution is 6.00.